The summed E-state index contributed by atoms with van der Waals surface area (Å²) in [5.41, 5.74) is 1.32. The molecule has 19 heteroatoms. The van der Waals surface area contributed by atoms with E-state index in [1.807, 2.05) is 0 Å². The highest BCUT2D eigenvalue weighted by molar-refractivity contribution is 8.15. The Morgan fingerprint density at radius 1 is 0.811 bits per heavy atom. The number of carbonyl (C=O) groups is 2. The number of carbonyl (C=O) groups excluding carboxylic acids is 2. The Morgan fingerprint density at radius 2 is 1.43 bits per heavy atom. The second kappa shape index (κ2) is 30.0. The molecule has 37 heavy (non-hydrogen) atoms. The monoisotopic (exact) mass is 642 g/mol. The molecule has 2 amide bonds. The van der Waals surface area contributed by atoms with Crippen LogP contribution in [0, 0.1) is 0 Å². The summed E-state index contributed by atoms with van der Waals surface area (Å²) < 4.78 is 21.8. The third-order valence-corrected chi connectivity index (χ3v) is 8.54. The van der Waals surface area contributed by atoms with Crippen LogP contribution in [0.25, 0.3) is 0 Å². The SMILES string of the molecule is O=C(NCSCN=CS(=O)CSCOC(=O)NCSCN=COOCCSCCO)OCCSCCO. The average Bonchev–Trinajstić information content (AvgIpc) is 2.89. The predicted octanol–water partition coefficient (Wildman–Crippen LogP) is 1.59. The maximum absolute atomic E-state index is 11.8. The van der Waals surface area contributed by atoms with Gasteiger partial charge in [-0.2, -0.15) is 28.4 Å². The first-order chi connectivity index (χ1) is 18.1. The molecule has 0 bridgehead atoms. The number of aliphatic hydroxyl groups excluding tert-OH is 2. The molecule has 216 valence electrons. The normalized spacial score (nSPS) is 12.1. The summed E-state index contributed by atoms with van der Waals surface area (Å²) in [6, 6.07) is 0. The molecule has 0 saturated carbocycles. The highest BCUT2D eigenvalue weighted by Gasteiger charge is 2.03. The van der Waals surface area contributed by atoms with Crippen LogP contribution >= 0.6 is 58.8 Å². The van der Waals surface area contributed by atoms with Crippen LogP contribution in [-0.4, -0.2) is 123 Å². The van der Waals surface area contributed by atoms with Crippen molar-refractivity contribution in [3.05, 3.63) is 0 Å². The van der Waals surface area contributed by atoms with Gasteiger partial charge in [0.05, 0.1) is 58.2 Å². The van der Waals surface area contributed by atoms with Crippen LogP contribution in [0.4, 0.5) is 9.59 Å². The molecule has 0 heterocycles. The van der Waals surface area contributed by atoms with Crippen molar-refractivity contribution in [2.75, 3.05) is 84.0 Å². The lowest BCUT2D eigenvalue weighted by atomic mass is 10.8. The number of nitrogens with zero attached hydrogens (tertiary/aromatic N) is 2. The van der Waals surface area contributed by atoms with Crippen molar-refractivity contribution in [1.29, 1.82) is 0 Å². The maximum atomic E-state index is 11.8. The number of hydrogen-bond donors (Lipinski definition) is 4. The molecule has 0 fully saturated rings. The number of rotatable bonds is 25. The van der Waals surface area contributed by atoms with Gasteiger partial charge in [-0.25, -0.2) is 14.6 Å². The number of aliphatic hydroxyl groups is 2. The largest absolute Gasteiger partial charge is 0.449 e. The van der Waals surface area contributed by atoms with Gasteiger partial charge in [0.1, 0.15) is 19.2 Å². The van der Waals surface area contributed by atoms with E-state index in [4.69, 9.17) is 29.5 Å². The van der Waals surface area contributed by atoms with Gasteiger partial charge in [-0.1, -0.05) is 0 Å². The Balaban J connectivity index is 3.49. The third kappa shape index (κ3) is 29.9. The molecule has 0 aromatic rings. The molecule has 4 N–H and O–H groups in total. The van der Waals surface area contributed by atoms with Gasteiger partial charge in [0.25, 0.3) is 0 Å². The van der Waals surface area contributed by atoms with Gasteiger partial charge < -0.3 is 35.2 Å². The number of aliphatic imine (C=N–C) groups is 2. The Hall–Kier alpha value is -0.540. The molecule has 0 aliphatic rings. The molecule has 0 aromatic carbocycles. The third-order valence-electron chi connectivity index (χ3n) is 3.06. The molecule has 0 aliphatic carbocycles. The van der Waals surface area contributed by atoms with Crippen LogP contribution in [0.15, 0.2) is 9.98 Å². The van der Waals surface area contributed by atoms with E-state index >= 15 is 0 Å². The summed E-state index contributed by atoms with van der Waals surface area (Å²) in [6.45, 7) is 0.898. The molecular formula is C18H34N4O9S6. The van der Waals surface area contributed by atoms with Crippen molar-refractivity contribution in [2.24, 2.45) is 9.98 Å². The molecule has 0 saturated heterocycles. The molecule has 0 aromatic heterocycles. The summed E-state index contributed by atoms with van der Waals surface area (Å²) >= 11 is 6.89. The minimum Gasteiger partial charge on any atom is -0.449 e. The van der Waals surface area contributed by atoms with Crippen LogP contribution in [0.1, 0.15) is 0 Å². The van der Waals surface area contributed by atoms with Crippen molar-refractivity contribution < 1.29 is 43.3 Å². The van der Waals surface area contributed by atoms with Crippen molar-refractivity contribution in [2.45, 2.75) is 0 Å². The molecule has 0 spiro atoms. The highest BCUT2D eigenvalue weighted by Crippen LogP contribution is 2.04. The molecule has 0 rings (SSSR count). The molecule has 1 unspecified atom stereocenters. The molecule has 0 aliphatic heterocycles. The van der Waals surface area contributed by atoms with Crippen molar-refractivity contribution >= 4 is 93.7 Å². The molecule has 1 atom stereocenters. The smallest absolute Gasteiger partial charge is 0.408 e. The number of thioether (sulfide) groups is 5. The average molecular weight is 643 g/mol. The minimum absolute atomic E-state index is 0.0509. The van der Waals surface area contributed by atoms with Gasteiger partial charge in [0.2, 0.25) is 6.40 Å². The summed E-state index contributed by atoms with van der Waals surface area (Å²) in [5, 5.41) is 22.6. The van der Waals surface area contributed by atoms with Crippen molar-refractivity contribution in [1.82, 2.24) is 10.6 Å². The first-order valence-corrected chi connectivity index (χ1v) is 17.8. The zero-order valence-electron chi connectivity index (χ0n) is 20.2. The number of ether oxygens (including phenoxy) is 2. The Kier molecular flexibility index (Phi) is 29.6. The lowest BCUT2D eigenvalue weighted by Crippen LogP contribution is -2.24. The van der Waals surface area contributed by atoms with Crippen molar-refractivity contribution in [3.8, 4) is 0 Å². The van der Waals surface area contributed by atoms with Gasteiger partial charge in [0.15, 0.2) is 0 Å². The lowest BCUT2D eigenvalue weighted by molar-refractivity contribution is -0.210. The standard InChI is InChI=1S/C18H34N4O9S6/c23-1-5-32-7-3-28-17(25)21-12-35-11-20-14-37(27)16-36-15-29-18(26)22-13-34-10-19-9-31-30-4-8-33-6-2-24/h9,14,23-24H,1-8,10-13,15-16H2,(H,21,25)(H,22,26). The first kappa shape index (κ1) is 36.5. The predicted molar refractivity (Wildman–Crippen MR) is 157 cm³/mol. The van der Waals surface area contributed by atoms with Crippen LogP contribution in [-0.2, 0) is 30.0 Å². The number of hydrogen-bond acceptors (Lipinski definition) is 16. The van der Waals surface area contributed by atoms with Gasteiger partial charge in [0, 0.05) is 23.0 Å². The van der Waals surface area contributed by atoms with E-state index < -0.39 is 23.0 Å². The van der Waals surface area contributed by atoms with E-state index in [1.54, 1.807) is 11.8 Å². The lowest BCUT2D eigenvalue weighted by Gasteiger charge is -2.06. The fraction of sp³-hybridized carbons (Fsp3) is 0.778. The topological polar surface area (TPSA) is 177 Å². The Labute approximate surface area is 240 Å². The summed E-state index contributed by atoms with van der Waals surface area (Å²) in [5.74, 6) is 3.95. The van der Waals surface area contributed by atoms with Crippen LogP contribution in [0.5, 0.6) is 0 Å². The van der Waals surface area contributed by atoms with Gasteiger partial charge in [-0.05, 0) is 0 Å². The van der Waals surface area contributed by atoms with E-state index in [2.05, 4.69) is 20.6 Å². The quantitative estimate of drug-likeness (QED) is 0.0282. The second-order valence-electron chi connectivity index (χ2n) is 5.86. The van der Waals surface area contributed by atoms with Gasteiger partial charge >= 0.3 is 12.2 Å². The van der Waals surface area contributed by atoms with Crippen LogP contribution in [0.3, 0.4) is 0 Å². The highest BCUT2D eigenvalue weighted by atomic mass is 32.2. The number of nitrogens with one attached hydrogen (secondary N) is 2. The fourth-order valence-electron chi connectivity index (χ4n) is 1.63. The van der Waals surface area contributed by atoms with Gasteiger partial charge in [-0.15, -0.1) is 35.3 Å². The fourth-order valence-corrected chi connectivity index (χ4v) is 5.35. The van der Waals surface area contributed by atoms with Crippen molar-refractivity contribution in [3.63, 3.8) is 0 Å². The maximum Gasteiger partial charge on any atom is 0.408 e. The van der Waals surface area contributed by atoms with E-state index in [0.717, 1.165) is 0 Å². The van der Waals surface area contributed by atoms with E-state index in [-0.39, 0.29) is 30.8 Å². The number of amides is 2. The Morgan fingerprint density at radius 3 is 2.11 bits per heavy atom. The van der Waals surface area contributed by atoms with E-state index in [1.165, 1.54) is 59.0 Å². The zero-order chi connectivity index (χ0) is 27.2. The minimum atomic E-state index is -1.31. The first-order valence-electron chi connectivity index (χ1n) is 10.7. The number of alkyl carbamates (subject to hydrolysis) is 2. The second-order valence-corrected chi connectivity index (χ2v) is 12.8. The molecular weight excluding hydrogens is 609 g/mol. The van der Waals surface area contributed by atoms with Crippen LogP contribution < -0.4 is 10.6 Å². The van der Waals surface area contributed by atoms with Gasteiger partial charge in [-0.3, -0.25) is 9.20 Å². The summed E-state index contributed by atoms with van der Waals surface area (Å²) in [7, 11) is -1.31. The zero-order valence-corrected chi connectivity index (χ0v) is 25.0. The molecule has 13 nitrogen and oxygen atoms in total. The van der Waals surface area contributed by atoms with E-state index in [9.17, 15) is 13.8 Å². The van der Waals surface area contributed by atoms with E-state index in [0.29, 0.717) is 53.1 Å². The summed E-state index contributed by atoms with van der Waals surface area (Å²) in [4.78, 5) is 40.5. The Bertz CT molecular complexity index is 653. The molecule has 0 radical (unpaired) electrons. The summed E-state index contributed by atoms with van der Waals surface area (Å²) in [6.07, 6.45) is 0.0713. The van der Waals surface area contributed by atoms with Crippen LogP contribution in [0.2, 0.25) is 0 Å².